The fourth-order valence-electron chi connectivity index (χ4n) is 2.75. The first-order chi connectivity index (χ1) is 12.1. The molecular weight excluding hydrogens is 362 g/mol. The summed E-state index contributed by atoms with van der Waals surface area (Å²) in [5.41, 5.74) is 1.01. The summed E-state index contributed by atoms with van der Waals surface area (Å²) in [7, 11) is -1.83. The second-order valence-corrected chi connectivity index (χ2v) is 14.5. The van der Waals surface area contributed by atoms with E-state index in [9.17, 15) is 4.79 Å². The van der Waals surface area contributed by atoms with Crippen LogP contribution >= 0.6 is 11.8 Å². The van der Waals surface area contributed by atoms with E-state index in [1.165, 1.54) is 0 Å². The van der Waals surface area contributed by atoms with Crippen LogP contribution in [-0.2, 0) is 15.8 Å². The van der Waals surface area contributed by atoms with Gasteiger partial charge in [0.05, 0.1) is 12.6 Å². The summed E-state index contributed by atoms with van der Waals surface area (Å²) in [4.78, 5) is 14.5. The molecule has 4 nitrogen and oxygen atoms in total. The van der Waals surface area contributed by atoms with E-state index in [0.717, 1.165) is 18.5 Å². The Morgan fingerprint density at radius 2 is 1.92 bits per heavy atom. The summed E-state index contributed by atoms with van der Waals surface area (Å²) in [5, 5.41) is 0.621. The van der Waals surface area contributed by atoms with E-state index in [0.29, 0.717) is 18.5 Å². The second-order valence-electron chi connectivity index (χ2n) is 8.51. The van der Waals surface area contributed by atoms with Crippen LogP contribution < -0.4 is 0 Å². The molecule has 1 fully saturated rings. The molecule has 0 radical (unpaired) electrons. The number of carbonyl (C=O) groups excluding carboxylic acids is 1. The Kier molecular flexibility index (Phi) is 7.22. The lowest BCUT2D eigenvalue weighted by Gasteiger charge is -2.37. The van der Waals surface area contributed by atoms with Crippen molar-refractivity contribution in [3.63, 3.8) is 0 Å². The van der Waals surface area contributed by atoms with Gasteiger partial charge in [-0.15, -0.1) is 0 Å². The number of amides is 1. The van der Waals surface area contributed by atoms with Gasteiger partial charge in [-0.2, -0.15) is 11.8 Å². The van der Waals surface area contributed by atoms with Gasteiger partial charge in [-0.3, -0.25) is 0 Å². The molecule has 1 amide bonds. The minimum atomic E-state index is -1.83. The number of nitrogens with zero attached hydrogens (tertiary/aromatic N) is 1. The van der Waals surface area contributed by atoms with Gasteiger partial charge < -0.3 is 14.1 Å². The fraction of sp³-hybridized carbons (Fsp3) is 0.650. The van der Waals surface area contributed by atoms with Crippen molar-refractivity contribution in [2.75, 3.05) is 19.4 Å². The maximum atomic E-state index is 12.7. The predicted octanol–water partition coefficient (Wildman–Crippen LogP) is 5.15. The zero-order chi connectivity index (χ0) is 19.4. The van der Waals surface area contributed by atoms with Crippen molar-refractivity contribution in [3.8, 4) is 0 Å². The molecule has 2 rings (SSSR count). The van der Waals surface area contributed by atoms with Gasteiger partial charge in [-0.25, -0.2) is 4.79 Å². The molecular formula is C20H33NO3SSi. The summed E-state index contributed by atoms with van der Waals surface area (Å²) in [6.45, 7) is 12.9. The normalized spacial score (nSPS) is 21.1. The van der Waals surface area contributed by atoms with E-state index >= 15 is 0 Å². The minimum absolute atomic E-state index is 0.102. The zero-order valence-electron chi connectivity index (χ0n) is 17.0. The smallest absolute Gasteiger partial charge is 0.410 e. The summed E-state index contributed by atoms with van der Waals surface area (Å²) >= 11 is 1.82. The number of likely N-dealkylation sites (tertiary alicyclic amines) is 1. The number of hydrogen-bond acceptors (Lipinski definition) is 4. The standard InChI is InChI=1S/C20H33NO3SSi/c1-20(2,3)26(5,6)24-15-17-12-18(25-4)13-21(17)19(22)23-14-16-10-8-7-9-11-16/h7-11,17-18H,12-15H2,1-6H3/t17-,18-/m0/s1. The van der Waals surface area contributed by atoms with Crippen LogP contribution in [0.5, 0.6) is 0 Å². The van der Waals surface area contributed by atoms with Crippen molar-refractivity contribution in [2.45, 2.75) is 63.2 Å². The average molecular weight is 396 g/mol. The summed E-state index contributed by atoms with van der Waals surface area (Å²) in [6.07, 6.45) is 2.85. The first-order valence-corrected chi connectivity index (χ1v) is 13.5. The van der Waals surface area contributed by atoms with Gasteiger partial charge in [-0.05, 0) is 36.4 Å². The molecule has 6 heteroatoms. The van der Waals surface area contributed by atoms with Crippen LogP contribution in [0.15, 0.2) is 30.3 Å². The van der Waals surface area contributed by atoms with Crippen LogP contribution in [-0.4, -0.2) is 50.0 Å². The Morgan fingerprint density at radius 3 is 2.50 bits per heavy atom. The van der Waals surface area contributed by atoms with Crippen LogP contribution in [0.2, 0.25) is 18.1 Å². The molecule has 0 aromatic heterocycles. The third-order valence-corrected chi connectivity index (χ3v) is 11.1. The second kappa shape index (κ2) is 8.80. The van der Waals surface area contributed by atoms with E-state index in [1.54, 1.807) is 0 Å². The number of carbonyl (C=O) groups is 1. The Morgan fingerprint density at radius 1 is 1.27 bits per heavy atom. The van der Waals surface area contributed by atoms with Crippen molar-refractivity contribution < 1.29 is 14.0 Å². The van der Waals surface area contributed by atoms with Crippen LogP contribution in [0.4, 0.5) is 4.79 Å². The highest BCUT2D eigenvalue weighted by Gasteiger charge is 2.41. The van der Waals surface area contributed by atoms with Crippen molar-refractivity contribution in [2.24, 2.45) is 0 Å². The summed E-state index contributed by atoms with van der Waals surface area (Å²) < 4.78 is 12.0. The van der Waals surface area contributed by atoms with E-state index in [2.05, 4.69) is 40.1 Å². The van der Waals surface area contributed by atoms with Crippen LogP contribution in [0.1, 0.15) is 32.8 Å². The van der Waals surface area contributed by atoms with Gasteiger partial charge in [0.1, 0.15) is 6.61 Å². The maximum Gasteiger partial charge on any atom is 0.410 e. The van der Waals surface area contributed by atoms with Gasteiger partial charge in [-0.1, -0.05) is 51.1 Å². The van der Waals surface area contributed by atoms with E-state index in [1.807, 2.05) is 47.0 Å². The Hall–Kier alpha value is -0.983. The topological polar surface area (TPSA) is 38.8 Å². The number of thioether (sulfide) groups is 1. The largest absolute Gasteiger partial charge is 0.445 e. The number of hydrogen-bond donors (Lipinski definition) is 0. The van der Waals surface area contributed by atoms with Crippen molar-refractivity contribution in [3.05, 3.63) is 35.9 Å². The van der Waals surface area contributed by atoms with Crippen molar-refractivity contribution >= 4 is 26.2 Å². The lowest BCUT2D eigenvalue weighted by Crippen LogP contribution is -2.46. The minimum Gasteiger partial charge on any atom is -0.445 e. The lowest BCUT2D eigenvalue weighted by molar-refractivity contribution is 0.0808. The molecule has 0 aliphatic carbocycles. The first kappa shape index (κ1) is 21.3. The number of ether oxygens (including phenoxy) is 1. The lowest BCUT2D eigenvalue weighted by atomic mass is 10.2. The molecule has 2 atom stereocenters. The first-order valence-electron chi connectivity index (χ1n) is 9.28. The van der Waals surface area contributed by atoms with Gasteiger partial charge in [0, 0.05) is 11.8 Å². The quantitative estimate of drug-likeness (QED) is 0.624. The molecule has 0 saturated carbocycles. The molecule has 0 unspecified atom stereocenters. The molecule has 1 heterocycles. The molecule has 1 aliphatic rings. The van der Waals surface area contributed by atoms with Crippen molar-refractivity contribution in [1.29, 1.82) is 0 Å². The van der Waals surface area contributed by atoms with Gasteiger partial charge in [0.2, 0.25) is 0 Å². The van der Waals surface area contributed by atoms with Gasteiger partial charge in [0.25, 0.3) is 0 Å². The van der Waals surface area contributed by atoms with Crippen LogP contribution in [0.3, 0.4) is 0 Å². The Bertz CT molecular complexity index is 588. The highest BCUT2D eigenvalue weighted by molar-refractivity contribution is 7.99. The van der Waals surface area contributed by atoms with E-state index in [4.69, 9.17) is 9.16 Å². The van der Waals surface area contributed by atoms with Gasteiger partial charge >= 0.3 is 6.09 Å². The summed E-state index contributed by atoms with van der Waals surface area (Å²) in [5.74, 6) is 0. The molecule has 0 bridgehead atoms. The van der Waals surface area contributed by atoms with Gasteiger partial charge in [0.15, 0.2) is 8.32 Å². The Balaban J connectivity index is 1.96. The fourth-order valence-corrected chi connectivity index (χ4v) is 4.52. The highest BCUT2D eigenvalue weighted by Crippen LogP contribution is 2.37. The molecule has 1 aromatic carbocycles. The molecule has 146 valence electrons. The Labute approximate surface area is 163 Å². The SMILES string of the molecule is CS[C@H]1C[C@@H](CO[Si](C)(C)C(C)(C)C)N(C(=O)OCc2ccccc2)C1. The number of benzene rings is 1. The third-order valence-electron chi connectivity index (χ3n) is 5.59. The average Bonchev–Trinajstić information content (AvgIpc) is 3.01. The summed E-state index contributed by atoms with van der Waals surface area (Å²) in [6, 6.07) is 9.92. The molecule has 1 aliphatic heterocycles. The predicted molar refractivity (Wildman–Crippen MR) is 112 cm³/mol. The van der Waals surface area contributed by atoms with Crippen LogP contribution in [0, 0.1) is 0 Å². The molecule has 0 spiro atoms. The molecule has 1 saturated heterocycles. The maximum absolute atomic E-state index is 12.7. The number of rotatable bonds is 6. The highest BCUT2D eigenvalue weighted by atomic mass is 32.2. The van der Waals surface area contributed by atoms with Crippen LogP contribution in [0.25, 0.3) is 0 Å². The zero-order valence-corrected chi connectivity index (χ0v) is 18.8. The molecule has 0 N–H and O–H groups in total. The van der Waals surface area contributed by atoms with Crippen molar-refractivity contribution in [1.82, 2.24) is 4.90 Å². The third kappa shape index (κ3) is 5.51. The monoisotopic (exact) mass is 395 g/mol. The van der Waals surface area contributed by atoms with E-state index in [-0.39, 0.29) is 17.2 Å². The molecule has 26 heavy (non-hydrogen) atoms. The molecule has 1 aromatic rings. The van der Waals surface area contributed by atoms with E-state index < -0.39 is 8.32 Å².